The third kappa shape index (κ3) is 4.62. The van der Waals surface area contributed by atoms with Gasteiger partial charge in [-0.3, -0.25) is 4.79 Å². The van der Waals surface area contributed by atoms with E-state index in [1.807, 2.05) is 13.0 Å². The molecule has 1 fully saturated rings. The number of para-hydroxylation sites is 1. The van der Waals surface area contributed by atoms with Gasteiger partial charge in [0.15, 0.2) is 11.5 Å². The Balaban J connectivity index is 1.55. The zero-order valence-corrected chi connectivity index (χ0v) is 16.6. The van der Waals surface area contributed by atoms with E-state index in [1.54, 1.807) is 25.3 Å². The summed E-state index contributed by atoms with van der Waals surface area (Å²) in [6.45, 7) is 4.96. The van der Waals surface area contributed by atoms with Crippen LogP contribution < -0.4 is 25.0 Å². The number of carbonyl (C=O) groups excluding carboxylic acids is 1. The number of aromatic nitrogens is 2. The number of methoxy groups -OCH3 is 2. The molecule has 8 nitrogen and oxygen atoms in total. The molecular formula is C20H27N5O3. The molecule has 1 aromatic heterocycles. The quantitative estimate of drug-likeness (QED) is 0.674. The number of carbonyl (C=O) groups is 1. The fraction of sp³-hybridized carbons (Fsp3) is 0.450. The number of nitrogens with one attached hydrogen (secondary N) is 2. The van der Waals surface area contributed by atoms with Crippen LogP contribution in [0, 0.1) is 6.92 Å². The monoisotopic (exact) mass is 385 g/mol. The summed E-state index contributed by atoms with van der Waals surface area (Å²) in [7, 11) is 3.06. The van der Waals surface area contributed by atoms with Crippen molar-refractivity contribution in [2.24, 2.45) is 0 Å². The minimum absolute atomic E-state index is 0.214. The molecule has 2 heterocycles. The molecule has 28 heavy (non-hydrogen) atoms. The van der Waals surface area contributed by atoms with Gasteiger partial charge in [-0.25, -0.2) is 9.97 Å². The Morgan fingerprint density at radius 1 is 1.14 bits per heavy atom. The summed E-state index contributed by atoms with van der Waals surface area (Å²) in [5.41, 5.74) is 0.441. The summed E-state index contributed by atoms with van der Waals surface area (Å²) in [6.07, 6.45) is 2.40. The van der Waals surface area contributed by atoms with E-state index in [4.69, 9.17) is 9.47 Å². The van der Waals surface area contributed by atoms with Crippen molar-refractivity contribution < 1.29 is 14.3 Å². The second kappa shape index (κ2) is 9.25. The molecule has 1 aliphatic heterocycles. The number of rotatable bonds is 8. The number of amides is 1. The maximum absolute atomic E-state index is 12.5. The first kappa shape index (κ1) is 19.7. The van der Waals surface area contributed by atoms with Crippen LogP contribution in [0.5, 0.6) is 11.5 Å². The molecule has 0 spiro atoms. The summed E-state index contributed by atoms with van der Waals surface area (Å²) < 4.78 is 10.6. The van der Waals surface area contributed by atoms with Crippen LogP contribution in [0.1, 0.15) is 29.0 Å². The molecule has 1 aliphatic rings. The lowest BCUT2D eigenvalue weighted by Crippen LogP contribution is -2.29. The van der Waals surface area contributed by atoms with Crippen molar-refractivity contribution in [3.63, 3.8) is 0 Å². The van der Waals surface area contributed by atoms with Gasteiger partial charge in [0.2, 0.25) is 0 Å². The van der Waals surface area contributed by atoms with Crippen molar-refractivity contribution in [1.29, 1.82) is 0 Å². The van der Waals surface area contributed by atoms with E-state index >= 15 is 0 Å². The Kier molecular flexibility index (Phi) is 6.52. The van der Waals surface area contributed by atoms with Crippen LogP contribution in [0.15, 0.2) is 24.3 Å². The van der Waals surface area contributed by atoms with E-state index in [9.17, 15) is 4.79 Å². The molecule has 1 amide bonds. The van der Waals surface area contributed by atoms with Crippen molar-refractivity contribution in [3.8, 4) is 11.5 Å². The Morgan fingerprint density at radius 2 is 1.93 bits per heavy atom. The van der Waals surface area contributed by atoms with Crippen LogP contribution in [-0.2, 0) is 0 Å². The van der Waals surface area contributed by atoms with Gasteiger partial charge < -0.3 is 25.0 Å². The van der Waals surface area contributed by atoms with Gasteiger partial charge in [0, 0.05) is 32.2 Å². The van der Waals surface area contributed by atoms with Crippen LogP contribution in [0.2, 0.25) is 0 Å². The minimum atomic E-state index is -0.214. The highest BCUT2D eigenvalue weighted by atomic mass is 16.5. The minimum Gasteiger partial charge on any atom is -0.493 e. The highest BCUT2D eigenvalue weighted by molar-refractivity contribution is 5.97. The Morgan fingerprint density at radius 3 is 2.64 bits per heavy atom. The van der Waals surface area contributed by atoms with Gasteiger partial charge in [-0.05, 0) is 31.9 Å². The van der Waals surface area contributed by atoms with Gasteiger partial charge in [0.25, 0.3) is 5.91 Å². The van der Waals surface area contributed by atoms with E-state index in [0.29, 0.717) is 30.2 Å². The van der Waals surface area contributed by atoms with Gasteiger partial charge in [-0.1, -0.05) is 6.07 Å². The standard InChI is InChI=1S/C20H27N5O3/c1-14-23-17(13-18(24-14)25-11-4-5-12-25)21-9-10-22-20(26)15-7-6-8-16(27-2)19(15)28-3/h6-8,13H,4-5,9-12H2,1-3H3,(H,22,26)(H,21,23,24). The lowest BCUT2D eigenvalue weighted by Gasteiger charge is -2.18. The lowest BCUT2D eigenvalue weighted by atomic mass is 10.1. The first-order valence-corrected chi connectivity index (χ1v) is 9.46. The molecule has 150 valence electrons. The third-order valence-electron chi connectivity index (χ3n) is 4.62. The normalized spacial score (nSPS) is 13.3. The Hall–Kier alpha value is -3.03. The number of aryl methyl sites for hydroxylation is 1. The smallest absolute Gasteiger partial charge is 0.255 e. The molecule has 1 saturated heterocycles. The number of hydrogen-bond donors (Lipinski definition) is 2. The van der Waals surface area contributed by atoms with Crippen LogP contribution in [0.25, 0.3) is 0 Å². The van der Waals surface area contributed by atoms with E-state index in [-0.39, 0.29) is 5.91 Å². The highest BCUT2D eigenvalue weighted by Crippen LogP contribution is 2.30. The first-order valence-electron chi connectivity index (χ1n) is 9.46. The third-order valence-corrected chi connectivity index (χ3v) is 4.62. The van der Waals surface area contributed by atoms with Crippen LogP contribution >= 0.6 is 0 Å². The van der Waals surface area contributed by atoms with E-state index in [0.717, 1.165) is 30.5 Å². The predicted molar refractivity (Wildman–Crippen MR) is 109 cm³/mol. The summed E-state index contributed by atoms with van der Waals surface area (Å²) in [5.74, 6) is 3.20. The largest absolute Gasteiger partial charge is 0.493 e. The molecule has 2 aromatic rings. The maximum atomic E-state index is 12.5. The molecule has 3 rings (SSSR count). The maximum Gasteiger partial charge on any atom is 0.255 e. The summed E-state index contributed by atoms with van der Waals surface area (Å²) in [6, 6.07) is 7.19. The van der Waals surface area contributed by atoms with Crippen molar-refractivity contribution in [2.75, 3.05) is 50.6 Å². The molecular weight excluding hydrogens is 358 g/mol. The van der Waals surface area contributed by atoms with Crippen LogP contribution in [0.3, 0.4) is 0 Å². The molecule has 0 unspecified atom stereocenters. The molecule has 2 N–H and O–H groups in total. The van der Waals surface area contributed by atoms with E-state index in [1.165, 1.54) is 20.0 Å². The number of benzene rings is 1. The number of ether oxygens (including phenoxy) is 2. The zero-order chi connectivity index (χ0) is 19.9. The van der Waals surface area contributed by atoms with Gasteiger partial charge in [0.05, 0.1) is 19.8 Å². The van der Waals surface area contributed by atoms with Gasteiger partial charge in [-0.15, -0.1) is 0 Å². The van der Waals surface area contributed by atoms with Crippen molar-refractivity contribution >= 4 is 17.5 Å². The summed E-state index contributed by atoms with van der Waals surface area (Å²) in [4.78, 5) is 23.7. The van der Waals surface area contributed by atoms with Crippen LogP contribution in [0.4, 0.5) is 11.6 Å². The average molecular weight is 385 g/mol. The number of nitrogens with zero attached hydrogens (tertiary/aromatic N) is 3. The molecule has 0 aliphatic carbocycles. The number of hydrogen-bond acceptors (Lipinski definition) is 7. The second-order valence-corrected chi connectivity index (χ2v) is 6.58. The molecule has 0 atom stereocenters. The fourth-order valence-corrected chi connectivity index (χ4v) is 3.28. The fourth-order valence-electron chi connectivity index (χ4n) is 3.28. The Bertz CT molecular complexity index is 821. The van der Waals surface area contributed by atoms with Crippen molar-refractivity contribution in [2.45, 2.75) is 19.8 Å². The number of anilines is 2. The van der Waals surface area contributed by atoms with Gasteiger partial charge >= 0.3 is 0 Å². The zero-order valence-electron chi connectivity index (χ0n) is 16.6. The highest BCUT2D eigenvalue weighted by Gasteiger charge is 2.16. The van der Waals surface area contributed by atoms with Gasteiger partial charge in [0.1, 0.15) is 17.5 Å². The Labute approximate surface area is 165 Å². The van der Waals surface area contributed by atoms with Crippen LogP contribution in [-0.4, -0.2) is 56.3 Å². The molecule has 0 bridgehead atoms. The van der Waals surface area contributed by atoms with Crippen molar-refractivity contribution in [3.05, 3.63) is 35.7 Å². The summed E-state index contributed by atoms with van der Waals surface area (Å²) in [5, 5.41) is 6.15. The summed E-state index contributed by atoms with van der Waals surface area (Å²) >= 11 is 0. The topological polar surface area (TPSA) is 88.6 Å². The molecule has 0 saturated carbocycles. The molecule has 1 aromatic carbocycles. The van der Waals surface area contributed by atoms with E-state index in [2.05, 4.69) is 25.5 Å². The molecule has 8 heteroatoms. The second-order valence-electron chi connectivity index (χ2n) is 6.58. The van der Waals surface area contributed by atoms with E-state index < -0.39 is 0 Å². The van der Waals surface area contributed by atoms with Crippen molar-refractivity contribution in [1.82, 2.24) is 15.3 Å². The van der Waals surface area contributed by atoms with Gasteiger partial charge in [-0.2, -0.15) is 0 Å². The molecule has 0 radical (unpaired) electrons. The SMILES string of the molecule is COc1cccc(C(=O)NCCNc2cc(N3CCCC3)nc(C)n2)c1OC. The lowest BCUT2D eigenvalue weighted by molar-refractivity contribution is 0.0951. The first-order chi connectivity index (χ1) is 13.6. The average Bonchev–Trinajstić information content (AvgIpc) is 3.25. The predicted octanol–water partition coefficient (Wildman–Crippen LogP) is 2.24.